The van der Waals surface area contributed by atoms with Gasteiger partial charge in [0.25, 0.3) is 5.91 Å². The maximum absolute atomic E-state index is 12.3. The Kier molecular flexibility index (Phi) is 6.12. The van der Waals surface area contributed by atoms with E-state index in [0.717, 1.165) is 18.4 Å². The maximum Gasteiger partial charge on any atom is 0.311 e. The van der Waals surface area contributed by atoms with E-state index in [1.807, 2.05) is 6.07 Å². The summed E-state index contributed by atoms with van der Waals surface area (Å²) in [4.78, 5) is 24.1. The van der Waals surface area contributed by atoms with E-state index in [4.69, 9.17) is 4.74 Å². The van der Waals surface area contributed by atoms with Crippen LogP contribution in [0.4, 0.5) is 0 Å². The number of hydrogen-bond donors (Lipinski definition) is 2. The normalized spacial score (nSPS) is 14.6. The maximum atomic E-state index is 12.3. The Morgan fingerprint density at radius 2 is 1.85 bits per heavy atom. The van der Waals surface area contributed by atoms with Gasteiger partial charge >= 0.3 is 5.97 Å². The van der Waals surface area contributed by atoms with Crippen LogP contribution in [0.15, 0.2) is 42.5 Å². The minimum Gasteiger partial charge on any atom is -0.508 e. The molecule has 2 aromatic rings. The molecule has 0 heterocycles. The Hall–Kier alpha value is -2.82. The molecule has 5 heteroatoms. The smallest absolute Gasteiger partial charge is 0.311 e. The van der Waals surface area contributed by atoms with Crippen molar-refractivity contribution in [2.45, 2.75) is 38.5 Å². The Bertz CT molecular complexity index is 825. The van der Waals surface area contributed by atoms with Crippen molar-refractivity contribution in [3.8, 4) is 22.6 Å². The molecule has 3 rings (SSSR count). The van der Waals surface area contributed by atoms with Gasteiger partial charge in [-0.3, -0.25) is 9.59 Å². The van der Waals surface area contributed by atoms with E-state index in [-0.39, 0.29) is 17.6 Å². The van der Waals surface area contributed by atoms with Gasteiger partial charge in [0.2, 0.25) is 0 Å². The van der Waals surface area contributed by atoms with E-state index >= 15 is 0 Å². The van der Waals surface area contributed by atoms with E-state index in [0.29, 0.717) is 29.2 Å². The van der Waals surface area contributed by atoms with Gasteiger partial charge in [-0.25, -0.2) is 0 Å². The summed E-state index contributed by atoms with van der Waals surface area (Å²) in [5.41, 5.74) is 1.96. The molecular formula is C22H25NO4. The Balaban J connectivity index is 1.76. The van der Waals surface area contributed by atoms with Gasteiger partial charge in [0.15, 0.2) is 0 Å². The van der Waals surface area contributed by atoms with E-state index < -0.39 is 0 Å². The molecule has 1 amide bonds. The zero-order chi connectivity index (χ0) is 19.2. The Labute approximate surface area is 159 Å². The Morgan fingerprint density at radius 3 is 2.59 bits per heavy atom. The molecular weight excluding hydrogens is 342 g/mol. The third kappa shape index (κ3) is 5.09. The molecule has 2 N–H and O–H groups in total. The van der Waals surface area contributed by atoms with Gasteiger partial charge < -0.3 is 15.2 Å². The van der Waals surface area contributed by atoms with Gasteiger partial charge in [0, 0.05) is 25.1 Å². The van der Waals surface area contributed by atoms with Crippen molar-refractivity contribution < 1.29 is 19.4 Å². The number of rotatable bonds is 5. The zero-order valence-corrected chi connectivity index (χ0v) is 15.5. The fraction of sp³-hybridized carbons (Fsp3) is 0.364. The number of carbonyl (C=O) groups is 2. The summed E-state index contributed by atoms with van der Waals surface area (Å²) in [5.74, 6) is 0.274. The SMILES string of the molecule is CNC(=O)c1cccc(-c2cc(O)cc(OC(=O)CC3CCCCC3)c2)c1. The highest BCUT2D eigenvalue weighted by Crippen LogP contribution is 2.31. The largest absolute Gasteiger partial charge is 0.508 e. The first kappa shape index (κ1) is 19.0. The van der Waals surface area contributed by atoms with E-state index in [2.05, 4.69) is 5.32 Å². The summed E-state index contributed by atoms with van der Waals surface area (Å²) in [7, 11) is 1.58. The van der Waals surface area contributed by atoms with Crippen molar-refractivity contribution in [2.24, 2.45) is 5.92 Å². The lowest BCUT2D eigenvalue weighted by atomic mass is 9.87. The minimum atomic E-state index is -0.266. The average molecular weight is 367 g/mol. The molecule has 0 atom stereocenters. The fourth-order valence-electron chi connectivity index (χ4n) is 3.59. The lowest BCUT2D eigenvalue weighted by Crippen LogP contribution is -2.17. The lowest BCUT2D eigenvalue weighted by molar-refractivity contribution is -0.135. The molecule has 0 saturated heterocycles. The predicted octanol–water partition coefficient (Wildman–Crippen LogP) is 4.29. The molecule has 1 fully saturated rings. The van der Waals surface area contributed by atoms with Gasteiger partial charge in [-0.15, -0.1) is 0 Å². The molecule has 2 aromatic carbocycles. The van der Waals surface area contributed by atoms with Crippen LogP contribution in [0.1, 0.15) is 48.9 Å². The average Bonchev–Trinajstić information content (AvgIpc) is 2.67. The van der Waals surface area contributed by atoms with Crippen LogP contribution in [0.5, 0.6) is 11.5 Å². The van der Waals surface area contributed by atoms with Crippen molar-refractivity contribution in [3.63, 3.8) is 0 Å². The van der Waals surface area contributed by atoms with Crippen LogP contribution >= 0.6 is 0 Å². The molecule has 0 aliphatic heterocycles. The standard InChI is InChI=1S/C22H25NO4/c1-23-22(26)17-9-5-8-16(11-17)18-12-19(24)14-20(13-18)27-21(25)10-15-6-3-2-4-7-15/h5,8-9,11-15,24H,2-4,6-7,10H2,1H3,(H,23,26). The second-order valence-corrected chi connectivity index (χ2v) is 7.06. The van der Waals surface area contributed by atoms with Crippen LogP contribution in [-0.4, -0.2) is 24.0 Å². The van der Waals surface area contributed by atoms with Gasteiger partial charge in [-0.1, -0.05) is 31.4 Å². The first-order valence-corrected chi connectivity index (χ1v) is 9.42. The molecule has 0 spiro atoms. The Morgan fingerprint density at radius 1 is 1.07 bits per heavy atom. The fourth-order valence-corrected chi connectivity index (χ4v) is 3.59. The van der Waals surface area contributed by atoms with E-state index in [1.54, 1.807) is 37.4 Å². The highest BCUT2D eigenvalue weighted by Gasteiger charge is 2.18. The van der Waals surface area contributed by atoms with Gasteiger partial charge in [0.05, 0.1) is 0 Å². The molecule has 142 valence electrons. The minimum absolute atomic E-state index is 0.0123. The highest BCUT2D eigenvalue weighted by molar-refractivity contribution is 5.95. The number of benzene rings is 2. The summed E-state index contributed by atoms with van der Waals surface area (Å²) >= 11 is 0. The van der Waals surface area contributed by atoms with Crippen LogP contribution in [0.25, 0.3) is 11.1 Å². The van der Waals surface area contributed by atoms with Crippen LogP contribution in [-0.2, 0) is 4.79 Å². The molecule has 0 bridgehead atoms. The number of amides is 1. The van der Waals surface area contributed by atoms with Crippen LogP contribution < -0.4 is 10.1 Å². The van der Waals surface area contributed by atoms with Crippen molar-refractivity contribution in [1.82, 2.24) is 5.32 Å². The second kappa shape index (κ2) is 8.71. The summed E-state index contributed by atoms with van der Waals surface area (Å²) in [6.45, 7) is 0. The van der Waals surface area contributed by atoms with Crippen LogP contribution in [0.3, 0.4) is 0 Å². The number of carbonyl (C=O) groups excluding carboxylic acids is 2. The monoisotopic (exact) mass is 367 g/mol. The predicted molar refractivity (Wildman–Crippen MR) is 104 cm³/mol. The molecule has 0 aromatic heterocycles. The summed E-state index contributed by atoms with van der Waals surface area (Å²) in [5, 5.41) is 12.6. The quantitative estimate of drug-likeness (QED) is 0.610. The van der Waals surface area contributed by atoms with Gasteiger partial charge in [0.1, 0.15) is 11.5 Å². The number of aromatic hydroxyl groups is 1. The zero-order valence-electron chi connectivity index (χ0n) is 15.5. The number of phenols is 1. The number of nitrogens with one attached hydrogen (secondary N) is 1. The van der Waals surface area contributed by atoms with Crippen molar-refractivity contribution >= 4 is 11.9 Å². The first-order chi connectivity index (χ1) is 13.0. The molecule has 27 heavy (non-hydrogen) atoms. The van der Waals surface area contributed by atoms with Gasteiger partial charge in [-0.2, -0.15) is 0 Å². The molecule has 1 saturated carbocycles. The second-order valence-electron chi connectivity index (χ2n) is 7.06. The van der Waals surface area contributed by atoms with Crippen molar-refractivity contribution in [3.05, 3.63) is 48.0 Å². The highest BCUT2D eigenvalue weighted by atomic mass is 16.5. The molecule has 0 unspecified atom stereocenters. The molecule has 1 aliphatic rings. The summed E-state index contributed by atoms with van der Waals surface area (Å²) in [6.07, 6.45) is 6.17. The van der Waals surface area contributed by atoms with Gasteiger partial charge in [-0.05, 0) is 54.2 Å². The van der Waals surface area contributed by atoms with Crippen molar-refractivity contribution in [2.75, 3.05) is 7.05 Å². The third-order valence-corrected chi connectivity index (χ3v) is 4.99. The molecule has 0 radical (unpaired) electrons. The molecule has 5 nitrogen and oxygen atoms in total. The first-order valence-electron chi connectivity index (χ1n) is 9.42. The van der Waals surface area contributed by atoms with E-state index in [1.165, 1.54) is 25.3 Å². The molecule has 1 aliphatic carbocycles. The number of phenolic OH excluding ortho intramolecular Hbond substituents is 1. The topological polar surface area (TPSA) is 75.6 Å². The number of hydrogen-bond acceptors (Lipinski definition) is 4. The number of esters is 1. The lowest BCUT2D eigenvalue weighted by Gasteiger charge is -2.20. The van der Waals surface area contributed by atoms with Crippen LogP contribution in [0, 0.1) is 5.92 Å². The van der Waals surface area contributed by atoms with Crippen LogP contribution in [0.2, 0.25) is 0 Å². The van der Waals surface area contributed by atoms with E-state index in [9.17, 15) is 14.7 Å². The number of ether oxygens (including phenoxy) is 1. The summed E-state index contributed by atoms with van der Waals surface area (Å²) in [6, 6.07) is 11.8. The van der Waals surface area contributed by atoms with Crippen molar-refractivity contribution in [1.29, 1.82) is 0 Å². The summed E-state index contributed by atoms with van der Waals surface area (Å²) < 4.78 is 5.48. The third-order valence-electron chi connectivity index (χ3n) is 4.99.